The van der Waals surface area contributed by atoms with Gasteiger partial charge in [0.1, 0.15) is 5.60 Å². The van der Waals surface area contributed by atoms with Crippen molar-refractivity contribution in [1.29, 1.82) is 0 Å². The summed E-state index contributed by atoms with van der Waals surface area (Å²) in [6, 6.07) is 7.49. The van der Waals surface area contributed by atoms with E-state index in [-0.39, 0.29) is 12.0 Å². The monoisotopic (exact) mass is 325 g/mol. The fourth-order valence-electron chi connectivity index (χ4n) is 2.62. The maximum atomic E-state index is 12.0. The molecule has 2 rings (SSSR count). The highest BCUT2D eigenvalue weighted by atomic mass is 35.5. The van der Waals surface area contributed by atoms with E-state index in [0.717, 1.165) is 12.0 Å². The second kappa shape index (κ2) is 6.88. The fraction of sp³-hybridized carbons (Fsp3) is 0.588. The normalized spacial score (nSPS) is 20.0. The Kier molecular flexibility index (Phi) is 5.35. The molecule has 0 aromatic heterocycles. The van der Waals surface area contributed by atoms with Gasteiger partial charge in [-0.2, -0.15) is 0 Å². The maximum Gasteiger partial charge on any atom is 0.410 e. The number of aliphatic hydroxyl groups excluding tert-OH is 1. The van der Waals surface area contributed by atoms with Crippen molar-refractivity contribution in [3.8, 4) is 0 Å². The van der Waals surface area contributed by atoms with E-state index in [1.165, 1.54) is 0 Å². The van der Waals surface area contributed by atoms with Crippen LogP contribution in [0.1, 0.15) is 32.8 Å². The summed E-state index contributed by atoms with van der Waals surface area (Å²) < 4.78 is 5.37. The van der Waals surface area contributed by atoms with E-state index in [4.69, 9.17) is 16.3 Å². The van der Waals surface area contributed by atoms with Crippen molar-refractivity contribution < 1.29 is 14.6 Å². The van der Waals surface area contributed by atoms with Crippen LogP contribution >= 0.6 is 11.6 Å². The van der Waals surface area contributed by atoms with Gasteiger partial charge in [-0.15, -0.1) is 0 Å². The molecule has 0 spiro atoms. The van der Waals surface area contributed by atoms with Crippen molar-refractivity contribution in [2.75, 3.05) is 13.1 Å². The summed E-state index contributed by atoms with van der Waals surface area (Å²) in [6.45, 7) is 6.75. The molecule has 1 fully saturated rings. The second-order valence-electron chi connectivity index (χ2n) is 6.87. The number of rotatable bonds is 3. The Morgan fingerprint density at radius 2 is 2.05 bits per heavy atom. The van der Waals surface area contributed by atoms with Gasteiger partial charge in [-0.05, 0) is 51.3 Å². The number of benzene rings is 1. The lowest BCUT2D eigenvalue weighted by Crippen LogP contribution is -2.36. The van der Waals surface area contributed by atoms with E-state index in [9.17, 15) is 9.90 Å². The van der Waals surface area contributed by atoms with Crippen LogP contribution in [0.5, 0.6) is 0 Å². The third-order valence-corrected chi connectivity index (χ3v) is 4.03. The summed E-state index contributed by atoms with van der Waals surface area (Å²) in [6.07, 6.45) is 0.611. The highest BCUT2D eigenvalue weighted by Crippen LogP contribution is 2.24. The van der Waals surface area contributed by atoms with Gasteiger partial charge in [-0.25, -0.2) is 4.79 Å². The van der Waals surface area contributed by atoms with Gasteiger partial charge in [0.05, 0.1) is 6.10 Å². The smallest absolute Gasteiger partial charge is 0.410 e. The summed E-state index contributed by atoms with van der Waals surface area (Å²) >= 11 is 5.86. The number of nitrogens with zero attached hydrogens (tertiary/aromatic N) is 1. The molecule has 1 aromatic carbocycles. The van der Waals surface area contributed by atoms with Crippen molar-refractivity contribution >= 4 is 17.7 Å². The zero-order valence-electron chi connectivity index (χ0n) is 13.4. The van der Waals surface area contributed by atoms with Crippen LogP contribution < -0.4 is 0 Å². The lowest BCUT2D eigenvalue weighted by Gasteiger charge is -2.25. The molecule has 0 radical (unpaired) electrons. The summed E-state index contributed by atoms with van der Waals surface area (Å²) in [7, 11) is 0. The van der Waals surface area contributed by atoms with Crippen molar-refractivity contribution in [3.63, 3.8) is 0 Å². The van der Waals surface area contributed by atoms with E-state index in [2.05, 4.69) is 0 Å². The molecule has 1 amide bonds. The third-order valence-electron chi connectivity index (χ3n) is 3.78. The number of halogens is 1. The largest absolute Gasteiger partial charge is 0.444 e. The summed E-state index contributed by atoms with van der Waals surface area (Å²) in [5, 5.41) is 11.1. The van der Waals surface area contributed by atoms with Crippen LogP contribution in [0.25, 0.3) is 0 Å². The van der Waals surface area contributed by atoms with Crippen LogP contribution in [-0.4, -0.2) is 40.9 Å². The number of aliphatic hydroxyl groups is 1. The molecule has 122 valence electrons. The van der Waals surface area contributed by atoms with Gasteiger partial charge in [-0.1, -0.05) is 23.7 Å². The van der Waals surface area contributed by atoms with Gasteiger partial charge in [0.15, 0.2) is 0 Å². The molecule has 0 saturated carbocycles. The van der Waals surface area contributed by atoms with Gasteiger partial charge in [-0.3, -0.25) is 0 Å². The van der Waals surface area contributed by atoms with Crippen LogP contribution in [-0.2, 0) is 11.2 Å². The molecule has 22 heavy (non-hydrogen) atoms. The molecule has 2 atom stereocenters. The first kappa shape index (κ1) is 17.1. The zero-order valence-corrected chi connectivity index (χ0v) is 14.1. The van der Waals surface area contributed by atoms with Gasteiger partial charge in [0, 0.05) is 24.0 Å². The number of hydrogen-bond donors (Lipinski definition) is 1. The van der Waals surface area contributed by atoms with Crippen LogP contribution in [0.3, 0.4) is 0 Å². The SMILES string of the molecule is CC(C)(C)OC(=O)N1CCC(C(O)Cc2ccc(Cl)cc2)C1. The average molecular weight is 326 g/mol. The van der Waals surface area contributed by atoms with Crippen LogP contribution in [0.4, 0.5) is 4.79 Å². The number of amides is 1. The molecule has 1 aliphatic heterocycles. The molecule has 0 aliphatic carbocycles. The predicted molar refractivity (Wildman–Crippen MR) is 87.1 cm³/mol. The van der Waals surface area contributed by atoms with E-state index < -0.39 is 11.7 Å². The third kappa shape index (κ3) is 4.89. The summed E-state index contributed by atoms with van der Waals surface area (Å²) in [4.78, 5) is 13.7. The molecule has 1 saturated heterocycles. The minimum absolute atomic E-state index is 0.0863. The molecular weight excluding hydrogens is 302 g/mol. The van der Waals surface area contributed by atoms with Crippen LogP contribution in [0, 0.1) is 5.92 Å². The van der Waals surface area contributed by atoms with Crippen LogP contribution in [0.15, 0.2) is 24.3 Å². The number of carbonyl (C=O) groups excluding carboxylic acids is 1. The Labute approximate surface area is 137 Å². The first-order valence-electron chi connectivity index (χ1n) is 7.65. The minimum Gasteiger partial charge on any atom is -0.444 e. The van der Waals surface area contributed by atoms with E-state index in [1.54, 1.807) is 4.90 Å². The molecule has 1 heterocycles. The van der Waals surface area contributed by atoms with E-state index in [1.807, 2.05) is 45.0 Å². The topological polar surface area (TPSA) is 49.8 Å². The quantitative estimate of drug-likeness (QED) is 0.925. The van der Waals surface area contributed by atoms with Gasteiger partial charge in [0.25, 0.3) is 0 Å². The molecule has 0 bridgehead atoms. The van der Waals surface area contributed by atoms with Gasteiger partial charge >= 0.3 is 6.09 Å². The summed E-state index contributed by atoms with van der Waals surface area (Å²) in [5.41, 5.74) is 0.560. The highest BCUT2D eigenvalue weighted by Gasteiger charge is 2.33. The van der Waals surface area contributed by atoms with Crippen molar-refractivity contribution in [2.24, 2.45) is 5.92 Å². The first-order valence-corrected chi connectivity index (χ1v) is 8.03. The molecule has 1 N–H and O–H groups in total. The Morgan fingerprint density at radius 1 is 1.41 bits per heavy atom. The standard InChI is InChI=1S/C17H24ClNO3/c1-17(2,3)22-16(21)19-9-8-13(11-19)15(20)10-12-4-6-14(18)7-5-12/h4-7,13,15,20H,8-11H2,1-3H3. The number of likely N-dealkylation sites (tertiary alicyclic amines) is 1. The molecule has 5 heteroatoms. The predicted octanol–water partition coefficient (Wildman–Crippen LogP) is 3.50. The van der Waals surface area contributed by atoms with E-state index >= 15 is 0 Å². The molecular formula is C17H24ClNO3. The molecule has 1 aliphatic rings. The molecule has 2 unspecified atom stereocenters. The number of hydrogen-bond acceptors (Lipinski definition) is 3. The lowest BCUT2D eigenvalue weighted by molar-refractivity contribution is 0.0269. The Hall–Kier alpha value is -1.26. The van der Waals surface area contributed by atoms with Crippen molar-refractivity contribution in [2.45, 2.75) is 45.3 Å². The van der Waals surface area contributed by atoms with Gasteiger partial charge in [0.2, 0.25) is 0 Å². The first-order chi connectivity index (χ1) is 10.2. The Balaban J connectivity index is 1.87. The van der Waals surface area contributed by atoms with Crippen LogP contribution in [0.2, 0.25) is 5.02 Å². The van der Waals surface area contributed by atoms with Crippen molar-refractivity contribution in [1.82, 2.24) is 4.90 Å². The zero-order chi connectivity index (χ0) is 16.3. The Morgan fingerprint density at radius 3 is 2.64 bits per heavy atom. The fourth-order valence-corrected chi connectivity index (χ4v) is 2.75. The summed E-state index contributed by atoms with van der Waals surface area (Å²) in [5.74, 6) is 0.0863. The second-order valence-corrected chi connectivity index (χ2v) is 7.31. The lowest BCUT2D eigenvalue weighted by atomic mass is 9.95. The average Bonchev–Trinajstić information content (AvgIpc) is 2.89. The van der Waals surface area contributed by atoms with Gasteiger partial charge < -0.3 is 14.7 Å². The van der Waals surface area contributed by atoms with E-state index in [0.29, 0.717) is 24.5 Å². The maximum absolute atomic E-state index is 12.0. The number of carbonyl (C=O) groups is 1. The Bertz CT molecular complexity index is 510. The molecule has 1 aromatic rings. The number of ether oxygens (including phenoxy) is 1. The highest BCUT2D eigenvalue weighted by molar-refractivity contribution is 6.30. The molecule has 4 nitrogen and oxygen atoms in total. The minimum atomic E-state index is -0.489. The van der Waals surface area contributed by atoms with Crippen molar-refractivity contribution in [3.05, 3.63) is 34.9 Å².